The van der Waals surface area contributed by atoms with Gasteiger partial charge in [0.15, 0.2) is 5.96 Å². The Hall–Kier alpha value is -0.370. The van der Waals surface area contributed by atoms with Gasteiger partial charge in [0, 0.05) is 30.1 Å². The van der Waals surface area contributed by atoms with Crippen molar-refractivity contribution in [3.63, 3.8) is 0 Å². The first-order valence-electron chi connectivity index (χ1n) is 7.95. The Kier molecular flexibility index (Phi) is 11.9. The number of guanidine groups is 1. The molecule has 0 amide bonds. The van der Waals surface area contributed by atoms with E-state index in [1.54, 1.807) is 11.3 Å². The summed E-state index contributed by atoms with van der Waals surface area (Å²) in [5.74, 6) is 1.35. The third kappa shape index (κ3) is 10.4. The van der Waals surface area contributed by atoms with Gasteiger partial charge in [-0.15, -0.1) is 35.3 Å². The molecule has 1 unspecified atom stereocenters. The van der Waals surface area contributed by atoms with Gasteiger partial charge in [0.05, 0.1) is 5.01 Å². The molecule has 0 spiro atoms. The maximum atomic E-state index is 5.92. The van der Waals surface area contributed by atoms with Crippen molar-refractivity contribution in [1.82, 2.24) is 10.3 Å². The second-order valence-corrected chi connectivity index (χ2v) is 7.07. The van der Waals surface area contributed by atoms with E-state index >= 15 is 0 Å². The lowest BCUT2D eigenvalue weighted by Gasteiger charge is -2.15. The van der Waals surface area contributed by atoms with Crippen molar-refractivity contribution in [2.45, 2.75) is 65.8 Å². The number of aliphatic imine (C=N–C) groups is 1. The van der Waals surface area contributed by atoms with Gasteiger partial charge in [-0.1, -0.05) is 26.7 Å². The first kappa shape index (κ1) is 21.6. The molecule has 1 rings (SSSR count). The predicted molar refractivity (Wildman–Crippen MR) is 108 cm³/mol. The zero-order valence-electron chi connectivity index (χ0n) is 14.3. The highest BCUT2D eigenvalue weighted by Gasteiger charge is 2.04. The Bertz CT molecular complexity index is 432. The maximum absolute atomic E-state index is 5.92. The Morgan fingerprint density at radius 1 is 1.32 bits per heavy atom. The van der Waals surface area contributed by atoms with E-state index in [2.05, 4.69) is 41.4 Å². The van der Waals surface area contributed by atoms with Crippen molar-refractivity contribution in [2.24, 2.45) is 16.6 Å². The summed E-state index contributed by atoms with van der Waals surface area (Å²) in [6.45, 7) is 9.48. The summed E-state index contributed by atoms with van der Waals surface area (Å²) in [6, 6.07) is 0.397. The summed E-state index contributed by atoms with van der Waals surface area (Å²) in [5, 5.41) is 6.55. The van der Waals surface area contributed by atoms with E-state index in [9.17, 15) is 0 Å². The van der Waals surface area contributed by atoms with Gasteiger partial charge in [-0.05, 0) is 32.6 Å². The minimum Gasteiger partial charge on any atom is -0.370 e. The normalized spacial score (nSPS) is 13.0. The van der Waals surface area contributed by atoms with Crippen molar-refractivity contribution in [3.05, 3.63) is 16.1 Å². The molecule has 0 aromatic carbocycles. The number of hydrogen-bond acceptors (Lipinski definition) is 3. The van der Waals surface area contributed by atoms with Crippen LogP contribution in [0.3, 0.4) is 0 Å². The summed E-state index contributed by atoms with van der Waals surface area (Å²) in [6.07, 6.45) is 5.64. The number of nitrogens with zero attached hydrogens (tertiary/aromatic N) is 2. The third-order valence-electron chi connectivity index (χ3n) is 3.31. The molecular formula is C16H31IN4S. The minimum absolute atomic E-state index is 0. The molecule has 22 heavy (non-hydrogen) atoms. The van der Waals surface area contributed by atoms with Crippen LogP contribution in [0.2, 0.25) is 0 Å². The van der Waals surface area contributed by atoms with Crippen molar-refractivity contribution in [3.8, 4) is 0 Å². The molecule has 4 nitrogen and oxygen atoms in total. The van der Waals surface area contributed by atoms with Crippen molar-refractivity contribution in [2.75, 3.05) is 6.54 Å². The average molecular weight is 438 g/mol. The number of thiazole rings is 1. The predicted octanol–water partition coefficient (Wildman–Crippen LogP) is 4.12. The van der Waals surface area contributed by atoms with Crippen molar-refractivity contribution < 1.29 is 0 Å². The monoisotopic (exact) mass is 438 g/mol. The molecule has 0 saturated heterocycles. The van der Waals surface area contributed by atoms with Crippen LogP contribution in [-0.4, -0.2) is 23.5 Å². The summed E-state index contributed by atoms with van der Waals surface area (Å²) >= 11 is 1.72. The Balaban J connectivity index is 0.00000441. The molecule has 1 atom stereocenters. The molecule has 0 aliphatic carbocycles. The number of rotatable bonds is 9. The molecule has 1 heterocycles. The number of hydrogen-bond donors (Lipinski definition) is 2. The van der Waals surface area contributed by atoms with Crippen LogP contribution in [0.5, 0.6) is 0 Å². The summed E-state index contributed by atoms with van der Waals surface area (Å²) in [5.41, 5.74) is 7.02. The van der Waals surface area contributed by atoms with Crippen LogP contribution in [0.1, 0.15) is 57.2 Å². The van der Waals surface area contributed by atoms with Gasteiger partial charge in [-0.3, -0.25) is 4.99 Å². The van der Waals surface area contributed by atoms with Crippen LogP contribution in [0, 0.1) is 12.8 Å². The molecule has 0 aliphatic rings. The quantitative estimate of drug-likeness (QED) is 0.264. The van der Waals surface area contributed by atoms with E-state index in [-0.39, 0.29) is 24.0 Å². The van der Waals surface area contributed by atoms with Crippen molar-refractivity contribution >= 4 is 41.3 Å². The summed E-state index contributed by atoms with van der Waals surface area (Å²) in [7, 11) is 0. The second kappa shape index (κ2) is 12.1. The first-order chi connectivity index (χ1) is 9.97. The standard InChI is InChI=1S/C16H30N4S.HI/c1-12(2)7-5-8-13(3)20-16(17)18-10-6-9-15-19-14(4)11-21-15;/h11-13H,5-10H2,1-4H3,(H3,17,18,20);1H. The van der Waals surface area contributed by atoms with Gasteiger partial charge in [-0.25, -0.2) is 4.98 Å². The molecule has 1 aromatic heterocycles. The minimum atomic E-state index is 0. The largest absolute Gasteiger partial charge is 0.370 e. The Labute approximate surface area is 156 Å². The highest BCUT2D eigenvalue weighted by molar-refractivity contribution is 14.0. The number of halogens is 1. The molecule has 0 aliphatic heterocycles. The molecule has 128 valence electrons. The lowest BCUT2D eigenvalue weighted by atomic mass is 10.0. The summed E-state index contributed by atoms with van der Waals surface area (Å²) in [4.78, 5) is 8.84. The SMILES string of the molecule is Cc1csc(CCCN=C(N)NC(C)CCCC(C)C)n1.I. The maximum Gasteiger partial charge on any atom is 0.188 e. The van der Waals surface area contributed by atoms with Gasteiger partial charge >= 0.3 is 0 Å². The van der Waals surface area contributed by atoms with Gasteiger partial charge in [0.1, 0.15) is 0 Å². The van der Waals surface area contributed by atoms with E-state index in [1.807, 2.05) is 6.92 Å². The van der Waals surface area contributed by atoms with Crippen molar-refractivity contribution in [1.29, 1.82) is 0 Å². The number of aryl methyl sites for hydroxylation is 2. The molecule has 0 saturated carbocycles. The number of aromatic nitrogens is 1. The van der Waals surface area contributed by atoms with E-state index in [1.165, 1.54) is 17.8 Å². The Morgan fingerprint density at radius 2 is 2.05 bits per heavy atom. The lowest BCUT2D eigenvalue weighted by Crippen LogP contribution is -2.38. The van der Waals surface area contributed by atoms with Gasteiger partial charge in [0.2, 0.25) is 0 Å². The van der Waals surface area contributed by atoms with Crippen LogP contribution in [0.25, 0.3) is 0 Å². The first-order valence-corrected chi connectivity index (χ1v) is 8.82. The molecule has 3 N–H and O–H groups in total. The van der Waals surface area contributed by atoms with E-state index < -0.39 is 0 Å². The van der Waals surface area contributed by atoms with Crippen LogP contribution >= 0.6 is 35.3 Å². The fourth-order valence-electron chi connectivity index (χ4n) is 2.15. The van der Waals surface area contributed by atoms with Crippen LogP contribution < -0.4 is 11.1 Å². The lowest BCUT2D eigenvalue weighted by molar-refractivity contribution is 0.493. The molecule has 1 aromatic rings. The van der Waals surface area contributed by atoms with Gasteiger partial charge < -0.3 is 11.1 Å². The molecular weight excluding hydrogens is 407 g/mol. The topological polar surface area (TPSA) is 63.3 Å². The zero-order chi connectivity index (χ0) is 15.7. The number of nitrogens with two attached hydrogens (primary N) is 1. The summed E-state index contributed by atoms with van der Waals surface area (Å²) < 4.78 is 0. The fraction of sp³-hybridized carbons (Fsp3) is 0.750. The van der Waals surface area contributed by atoms with Gasteiger partial charge in [0.25, 0.3) is 0 Å². The molecule has 0 bridgehead atoms. The van der Waals surface area contributed by atoms with Gasteiger partial charge in [-0.2, -0.15) is 0 Å². The molecule has 0 radical (unpaired) electrons. The highest BCUT2D eigenvalue weighted by Crippen LogP contribution is 2.10. The van der Waals surface area contributed by atoms with Crippen LogP contribution in [0.4, 0.5) is 0 Å². The van der Waals surface area contributed by atoms with E-state index in [0.717, 1.165) is 37.4 Å². The second-order valence-electron chi connectivity index (χ2n) is 6.12. The highest BCUT2D eigenvalue weighted by atomic mass is 127. The van der Waals surface area contributed by atoms with Crippen LogP contribution in [0.15, 0.2) is 10.4 Å². The zero-order valence-corrected chi connectivity index (χ0v) is 17.4. The third-order valence-corrected chi connectivity index (χ3v) is 4.34. The smallest absolute Gasteiger partial charge is 0.188 e. The van der Waals surface area contributed by atoms with E-state index in [4.69, 9.17) is 5.73 Å². The molecule has 0 fully saturated rings. The Morgan fingerprint density at radius 3 is 2.64 bits per heavy atom. The number of nitrogens with one attached hydrogen (secondary N) is 1. The van der Waals surface area contributed by atoms with E-state index in [0.29, 0.717) is 12.0 Å². The average Bonchev–Trinajstić information content (AvgIpc) is 2.80. The van der Waals surface area contributed by atoms with Crippen LogP contribution in [-0.2, 0) is 6.42 Å². The fourth-order valence-corrected chi connectivity index (χ4v) is 2.97. The molecule has 6 heteroatoms.